The highest BCUT2D eigenvalue weighted by Crippen LogP contribution is 2.20. The van der Waals surface area contributed by atoms with Crippen molar-refractivity contribution in [2.45, 2.75) is 6.54 Å². The van der Waals surface area contributed by atoms with Gasteiger partial charge in [0.2, 0.25) is 0 Å². The van der Waals surface area contributed by atoms with E-state index in [1.807, 2.05) is 18.2 Å². The van der Waals surface area contributed by atoms with Gasteiger partial charge in [-0.2, -0.15) is 5.26 Å². The monoisotopic (exact) mass is 238 g/mol. The van der Waals surface area contributed by atoms with Crippen molar-refractivity contribution in [1.29, 1.82) is 5.26 Å². The van der Waals surface area contributed by atoms with Gasteiger partial charge >= 0.3 is 0 Å². The lowest BCUT2D eigenvalue weighted by Crippen LogP contribution is -1.95. The molecule has 0 aliphatic carbocycles. The molecule has 2 heterocycles. The minimum absolute atomic E-state index is 0.714. The zero-order valence-corrected chi connectivity index (χ0v) is 9.95. The van der Waals surface area contributed by atoms with Crippen LogP contribution in [0.1, 0.15) is 10.4 Å². The highest BCUT2D eigenvalue weighted by Gasteiger charge is 2.03. The van der Waals surface area contributed by atoms with Crippen molar-refractivity contribution in [3.63, 3.8) is 0 Å². The lowest BCUT2D eigenvalue weighted by atomic mass is 10.2. The van der Waals surface area contributed by atoms with Crippen LogP contribution in [0.5, 0.6) is 0 Å². The Kier molecular flexibility index (Phi) is 2.43. The molecule has 2 nitrogen and oxygen atoms in total. The molecule has 0 saturated carbocycles. The minimum atomic E-state index is 0.714. The predicted octanol–water partition coefficient (Wildman–Crippen LogP) is 3.62. The summed E-state index contributed by atoms with van der Waals surface area (Å²) in [6, 6.07) is 14.2. The molecule has 0 spiro atoms. The Morgan fingerprint density at radius 1 is 1.24 bits per heavy atom. The van der Waals surface area contributed by atoms with Crippen LogP contribution < -0.4 is 0 Å². The van der Waals surface area contributed by atoms with E-state index in [1.54, 1.807) is 11.3 Å². The summed E-state index contributed by atoms with van der Waals surface area (Å²) < 4.78 is 2.21. The quantitative estimate of drug-likeness (QED) is 0.670. The summed E-state index contributed by atoms with van der Waals surface area (Å²) in [4.78, 5) is 1.34. The fraction of sp³-hybridized carbons (Fsp3) is 0.0714. The van der Waals surface area contributed by atoms with E-state index in [9.17, 15) is 0 Å². The first kappa shape index (κ1) is 10.1. The average Bonchev–Trinajstić information content (AvgIpc) is 2.99. The fourth-order valence-corrected chi connectivity index (χ4v) is 2.68. The number of nitriles is 1. The number of thiophene rings is 1. The first-order valence-corrected chi connectivity index (χ1v) is 6.26. The molecule has 82 valence electrons. The molecule has 0 aliphatic heterocycles. The van der Waals surface area contributed by atoms with Crippen LogP contribution in [-0.2, 0) is 6.54 Å². The second-order valence-corrected chi connectivity index (χ2v) is 4.94. The minimum Gasteiger partial charge on any atom is -0.342 e. The predicted molar refractivity (Wildman–Crippen MR) is 70.1 cm³/mol. The van der Waals surface area contributed by atoms with Crippen LogP contribution >= 0.6 is 11.3 Å². The molecule has 0 bridgehead atoms. The van der Waals surface area contributed by atoms with Crippen molar-refractivity contribution in [1.82, 2.24) is 4.57 Å². The van der Waals surface area contributed by atoms with Crippen LogP contribution in [0.4, 0.5) is 0 Å². The van der Waals surface area contributed by atoms with E-state index in [0.717, 1.165) is 11.9 Å². The topological polar surface area (TPSA) is 28.7 Å². The third-order valence-corrected chi connectivity index (χ3v) is 3.67. The van der Waals surface area contributed by atoms with Crippen LogP contribution in [0.25, 0.3) is 10.9 Å². The molecule has 0 radical (unpaired) electrons. The fourth-order valence-electron chi connectivity index (χ4n) is 1.98. The Labute approximate surface area is 103 Å². The van der Waals surface area contributed by atoms with Gasteiger partial charge in [0.15, 0.2) is 0 Å². The van der Waals surface area contributed by atoms with Gasteiger partial charge in [0.25, 0.3) is 0 Å². The average molecular weight is 238 g/mol. The summed E-state index contributed by atoms with van der Waals surface area (Å²) in [6.45, 7) is 0.896. The highest BCUT2D eigenvalue weighted by molar-refractivity contribution is 7.09. The molecule has 3 heteroatoms. The Bertz CT molecular complexity index is 687. The van der Waals surface area contributed by atoms with Gasteiger partial charge in [-0.15, -0.1) is 11.3 Å². The van der Waals surface area contributed by atoms with E-state index < -0.39 is 0 Å². The molecule has 0 atom stereocenters. The van der Waals surface area contributed by atoms with E-state index in [1.165, 1.54) is 10.4 Å². The van der Waals surface area contributed by atoms with Crippen LogP contribution in [0.2, 0.25) is 0 Å². The molecule has 17 heavy (non-hydrogen) atoms. The van der Waals surface area contributed by atoms with Gasteiger partial charge in [0.05, 0.1) is 18.2 Å². The second kappa shape index (κ2) is 4.08. The number of benzene rings is 1. The molecule has 0 fully saturated rings. The van der Waals surface area contributed by atoms with Crippen molar-refractivity contribution < 1.29 is 0 Å². The molecule has 0 N–H and O–H groups in total. The molecule has 0 saturated heterocycles. The van der Waals surface area contributed by atoms with Crippen molar-refractivity contribution in [3.8, 4) is 6.07 Å². The number of hydrogen-bond acceptors (Lipinski definition) is 2. The van der Waals surface area contributed by atoms with E-state index >= 15 is 0 Å². The molecule has 0 unspecified atom stereocenters. The molecule has 3 aromatic rings. The van der Waals surface area contributed by atoms with E-state index in [0.29, 0.717) is 5.56 Å². The molecule has 0 aliphatic rings. The van der Waals surface area contributed by atoms with Crippen LogP contribution in [0.3, 0.4) is 0 Å². The van der Waals surface area contributed by atoms with Crippen LogP contribution in [0.15, 0.2) is 48.0 Å². The third kappa shape index (κ3) is 1.83. The van der Waals surface area contributed by atoms with E-state index in [4.69, 9.17) is 5.26 Å². The van der Waals surface area contributed by atoms with Gasteiger partial charge in [0, 0.05) is 22.0 Å². The highest BCUT2D eigenvalue weighted by atomic mass is 32.1. The summed E-state index contributed by atoms with van der Waals surface area (Å²) in [5.41, 5.74) is 1.89. The van der Waals surface area contributed by atoms with Gasteiger partial charge in [-0.05, 0) is 35.7 Å². The first-order chi connectivity index (χ1) is 8.36. The molecular formula is C14H10N2S. The Morgan fingerprint density at radius 2 is 2.18 bits per heavy atom. The summed E-state index contributed by atoms with van der Waals surface area (Å²) >= 11 is 1.76. The molecule has 2 aromatic heterocycles. The molecule has 0 amide bonds. The summed E-state index contributed by atoms with van der Waals surface area (Å²) in [5.74, 6) is 0. The lowest BCUT2D eigenvalue weighted by Gasteiger charge is -2.03. The largest absolute Gasteiger partial charge is 0.342 e. The Hall–Kier alpha value is -2.05. The number of nitrogens with zero attached hydrogens (tertiary/aromatic N) is 2. The molecule has 3 rings (SSSR count). The maximum Gasteiger partial charge on any atom is 0.0991 e. The summed E-state index contributed by atoms with van der Waals surface area (Å²) in [5, 5.41) is 12.1. The van der Waals surface area contributed by atoms with Gasteiger partial charge in [-0.25, -0.2) is 0 Å². The maximum atomic E-state index is 8.86. The van der Waals surface area contributed by atoms with Crippen molar-refractivity contribution in [2.24, 2.45) is 0 Å². The zero-order valence-electron chi connectivity index (χ0n) is 9.13. The lowest BCUT2D eigenvalue weighted by molar-refractivity contribution is 0.851. The number of aromatic nitrogens is 1. The van der Waals surface area contributed by atoms with Gasteiger partial charge in [-0.1, -0.05) is 6.07 Å². The van der Waals surface area contributed by atoms with Crippen LogP contribution in [-0.4, -0.2) is 4.57 Å². The zero-order chi connectivity index (χ0) is 11.7. The van der Waals surface area contributed by atoms with E-state index in [-0.39, 0.29) is 0 Å². The van der Waals surface area contributed by atoms with Crippen molar-refractivity contribution in [3.05, 3.63) is 58.4 Å². The van der Waals surface area contributed by atoms with Crippen molar-refractivity contribution in [2.75, 3.05) is 0 Å². The van der Waals surface area contributed by atoms with Crippen molar-refractivity contribution >= 4 is 22.2 Å². The SMILES string of the molecule is N#Cc1ccc2c(ccn2Cc2cccs2)c1. The van der Waals surface area contributed by atoms with Crippen LogP contribution in [0, 0.1) is 11.3 Å². The third-order valence-electron chi connectivity index (χ3n) is 2.81. The van der Waals surface area contributed by atoms with E-state index in [2.05, 4.69) is 40.4 Å². The van der Waals surface area contributed by atoms with Gasteiger partial charge < -0.3 is 4.57 Å². The number of hydrogen-bond donors (Lipinski definition) is 0. The standard InChI is InChI=1S/C14H10N2S/c15-9-11-3-4-14-12(8-11)5-6-16(14)10-13-2-1-7-17-13/h1-8H,10H2. The number of fused-ring (bicyclic) bond motifs is 1. The molecular weight excluding hydrogens is 228 g/mol. The molecule has 1 aromatic carbocycles. The summed E-state index contributed by atoms with van der Waals surface area (Å²) in [7, 11) is 0. The second-order valence-electron chi connectivity index (χ2n) is 3.91. The Balaban J connectivity index is 2.04. The number of rotatable bonds is 2. The van der Waals surface area contributed by atoms with Gasteiger partial charge in [-0.3, -0.25) is 0 Å². The first-order valence-electron chi connectivity index (χ1n) is 5.38. The summed E-state index contributed by atoms with van der Waals surface area (Å²) in [6.07, 6.45) is 2.07. The Morgan fingerprint density at radius 3 is 2.94 bits per heavy atom. The maximum absolute atomic E-state index is 8.86. The smallest absolute Gasteiger partial charge is 0.0991 e. The van der Waals surface area contributed by atoms with Gasteiger partial charge in [0.1, 0.15) is 0 Å². The normalized spacial score (nSPS) is 10.5.